The predicted molar refractivity (Wildman–Crippen MR) is 112 cm³/mol. The van der Waals surface area contributed by atoms with Crippen molar-refractivity contribution in [2.24, 2.45) is 5.10 Å². The van der Waals surface area contributed by atoms with Crippen LogP contribution in [0.5, 0.6) is 0 Å². The lowest BCUT2D eigenvalue weighted by molar-refractivity contribution is 0.617. The zero-order valence-corrected chi connectivity index (χ0v) is 15.5. The van der Waals surface area contributed by atoms with Crippen LogP contribution in [0.1, 0.15) is 5.56 Å². The monoisotopic (exact) mass is 385 g/mol. The number of anilines is 1. The first kappa shape index (κ1) is 16.5. The molecule has 6 nitrogen and oxygen atoms in total. The predicted octanol–water partition coefficient (Wildman–Crippen LogP) is 5.19. The van der Waals surface area contributed by atoms with Crippen LogP contribution in [0.15, 0.2) is 87.8 Å². The van der Waals surface area contributed by atoms with Gasteiger partial charge < -0.3 is 4.42 Å². The number of thiophene rings is 1. The maximum atomic E-state index is 5.63. The minimum absolute atomic E-state index is 0.352. The fourth-order valence-electron chi connectivity index (χ4n) is 2.88. The van der Waals surface area contributed by atoms with E-state index >= 15 is 0 Å². The van der Waals surface area contributed by atoms with Crippen LogP contribution >= 0.6 is 11.3 Å². The summed E-state index contributed by atoms with van der Waals surface area (Å²) < 4.78 is 7.49. The highest BCUT2D eigenvalue weighted by molar-refractivity contribution is 7.13. The summed E-state index contributed by atoms with van der Waals surface area (Å²) in [6.45, 7) is 0. The number of hydrazone groups is 1. The third-order valence-electron chi connectivity index (χ3n) is 4.18. The average molecular weight is 385 g/mol. The molecule has 0 spiro atoms. The molecular formula is C21H15N5OS. The minimum atomic E-state index is 0.352. The summed E-state index contributed by atoms with van der Waals surface area (Å²) in [5, 5.41) is 11.1. The number of nitrogens with one attached hydrogen (secondary N) is 1. The van der Waals surface area contributed by atoms with Crippen molar-refractivity contribution >= 4 is 34.7 Å². The van der Waals surface area contributed by atoms with Crippen molar-refractivity contribution in [3.05, 3.63) is 83.9 Å². The Morgan fingerprint density at radius 1 is 1.00 bits per heavy atom. The van der Waals surface area contributed by atoms with Crippen molar-refractivity contribution in [1.82, 2.24) is 14.8 Å². The first-order valence-electron chi connectivity index (χ1n) is 8.70. The van der Waals surface area contributed by atoms with Gasteiger partial charge in [-0.05, 0) is 35.7 Å². The van der Waals surface area contributed by atoms with E-state index in [0.29, 0.717) is 6.01 Å². The third kappa shape index (κ3) is 3.19. The van der Waals surface area contributed by atoms with Crippen LogP contribution in [0, 0.1) is 0 Å². The molecule has 3 aromatic heterocycles. The van der Waals surface area contributed by atoms with Crippen molar-refractivity contribution in [2.75, 3.05) is 5.43 Å². The van der Waals surface area contributed by atoms with E-state index in [9.17, 15) is 0 Å². The first-order valence-corrected chi connectivity index (χ1v) is 9.58. The van der Waals surface area contributed by atoms with Crippen LogP contribution in [0.3, 0.4) is 0 Å². The van der Waals surface area contributed by atoms with E-state index in [1.54, 1.807) is 17.6 Å². The van der Waals surface area contributed by atoms with Crippen molar-refractivity contribution in [2.45, 2.75) is 0 Å². The van der Waals surface area contributed by atoms with Gasteiger partial charge in [-0.2, -0.15) is 15.2 Å². The molecule has 0 saturated carbocycles. The van der Waals surface area contributed by atoms with E-state index in [0.717, 1.165) is 32.9 Å². The van der Waals surface area contributed by atoms with Crippen LogP contribution in [-0.2, 0) is 0 Å². The van der Waals surface area contributed by atoms with E-state index in [2.05, 4.69) is 15.5 Å². The largest absolute Gasteiger partial charge is 0.422 e. The Labute approximate surface area is 164 Å². The maximum Gasteiger partial charge on any atom is 0.316 e. The second-order valence-electron chi connectivity index (χ2n) is 6.05. The van der Waals surface area contributed by atoms with Crippen LogP contribution in [0.2, 0.25) is 0 Å². The summed E-state index contributed by atoms with van der Waals surface area (Å²) in [5.41, 5.74) is 7.14. The fourth-order valence-corrected chi connectivity index (χ4v) is 3.61. The van der Waals surface area contributed by atoms with Crippen molar-refractivity contribution in [3.63, 3.8) is 0 Å². The zero-order valence-electron chi connectivity index (χ0n) is 14.7. The number of benzene rings is 2. The Balaban J connectivity index is 1.46. The lowest BCUT2D eigenvalue weighted by Crippen LogP contribution is -1.93. The topological polar surface area (TPSA) is 68.2 Å². The molecule has 2 aromatic carbocycles. The number of hydrogen-bond acceptors (Lipinski definition) is 6. The summed E-state index contributed by atoms with van der Waals surface area (Å²) >= 11 is 1.64. The molecule has 3 heterocycles. The van der Waals surface area contributed by atoms with Gasteiger partial charge in [-0.3, -0.25) is 0 Å². The molecule has 0 unspecified atom stereocenters. The molecule has 0 radical (unpaired) electrons. The van der Waals surface area contributed by atoms with E-state index in [4.69, 9.17) is 9.52 Å². The van der Waals surface area contributed by atoms with Crippen LogP contribution in [-0.4, -0.2) is 21.0 Å². The molecule has 7 heteroatoms. The highest BCUT2D eigenvalue weighted by atomic mass is 32.1. The molecule has 5 rings (SSSR count). The van der Waals surface area contributed by atoms with Gasteiger partial charge in [-0.15, -0.1) is 11.3 Å². The molecule has 0 fully saturated rings. The molecule has 0 saturated heterocycles. The lowest BCUT2D eigenvalue weighted by atomic mass is 10.2. The number of para-hydroxylation sites is 3. The second kappa shape index (κ2) is 7.13. The summed E-state index contributed by atoms with van der Waals surface area (Å²) in [5.74, 6) is 0. The van der Waals surface area contributed by atoms with E-state index < -0.39 is 0 Å². The first-order chi connectivity index (χ1) is 13.9. The molecule has 5 aromatic rings. The van der Waals surface area contributed by atoms with Gasteiger partial charge in [0.2, 0.25) is 0 Å². The Hall–Kier alpha value is -3.71. The number of hydrogen-bond donors (Lipinski definition) is 1. The summed E-state index contributed by atoms with van der Waals surface area (Å²) in [6.07, 6.45) is 3.69. The number of rotatable bonds is 5. The third-order valence-corrected chi connectivity index (χ3v) is 5.05. The summed E-state index contributed by atoms with van der Waals surface area (Å²) in [7, 11) is 0. The molecule has 1 N–H and O–H groups in total. The smallest absolute Gasteiger partial charge is 0.316 e. The van der Waals surface area contributed by atoms with E-state index in [1.807, 2.05) is 83.0 Å². The molecule has 0 aliphatic rings. The normalized spacial score (nSPS) is 11.4. The molecule has 0 bridgehead atoms. The number of oxazole rings is 1. The molecule has 28 heavy (non-hydrogen) atoms. The van der Waals surface area contributed by atoms with Gasteiger partial charge in [-0.25, -0.2) is 10.1 Å². The van der Waals surface area contributed by atoms with E-state index in [1.165, 1.54) is 0 Å². The van der Waals surface area contributed by atoms with Crippen molar-refractivity contribution in [3.8, 4) is 16.3 Å². The van der Waals surface area contributed by atoms with Crippen LogP contribution in [0.4, 0.5) is 6.01 Å². The van der Waals surface area contributed by atoms with Gasteiger partial charge in [-0.1, -0.05) is 36.4 Å². The minimum Gasteiger partial charge on any atom is -0.422 e. The average Bonchev–Trinajstić information content (AvgIpc) is 3.47. The van der Waals surface area contributed by atoms with Gasteiger partial charge in [0.15, 0.2) is 5.58 Å². The quantitative estimate of drug-likeness (QED) is 0.334. The summed E-state index contributed by atoms with van der Waals surface area (Å²) in [4.78, 5) is 5.44. The van der Waals surface area contributed by atoms with Gasteiger partial charge in [0.05, 0.1) is 16.8 Å². The SMILES string of the molecule is C(=N\Nc1nc2ccccc2o1)/c1cn(-c2ccccc2)nc1-c1cccs1. The Kier molecular flexibility index (Phi) is 4.19. The molecule has 0 amide bonds. The molecule has 0 aliphatic carbocycles. The number of fused-ring (bicyclic) bond motifs is 1. The Morgan fingerprint density at radius 2 is 1.86 bits per heavy atom. The van der Waals surface area contributed by atoms with Gasteiger partial charge in [0, 0.05) is 11.8 Å². The molecular weight excluding hydrogens is 370 g/mol. The van der Waals surface area contributed by atoms with Crippen molar-refractivity contribution < 1.29 is 4.42 Å². The van der Waals surface area contributed by atoms with Crippen molar-refractivity contribution in [1.29, 1.82) is 0 Å². The maximum absolute atomic E-state index is 5.63. The number of nitrogens with zero attached hydrogens (tertiary/aromatic N) is 4. The van der Waals surface area contributed by atoms with Gasteiger partial charge >= 0.3 is 6.01 Å². The van der Waals surface area contributed by atoms with Gasteiger partial charge in [0.25, 0.3) is 0 Å². The number of aromatic nitrogens is 3. The summed E-state index contributed by atoms with van der Waals surface area (Å²) in [6, 6.07) is 22.0. The Morgan fingerprint density at radius 3 is 2.68 bits per heavy atom. The van der Waals surface area contributed by atoms with Crippen LogP contribution in [0.25, 0.3) is 27.4 Å². The second-order valence-corrected chi connectivity index (χ2v) is 6.99. The standard InChI is InChI=1S/C21H15N5OS/c1-2-7-16(8-3-1)26-14-15(20(25-26)19-11-6-12-28-19)13-22-24-21-23-17-9-4-5-10-18(17)27-21/h1-14H,(H,23,24)/b22-13+. The fraction of sp³-hybridized carbons (Fsp3) is 0. The van der Waals surface area contributed by atoms with Crippen LogP contribution < -0.4 is 5.43 Å². The lowest BCUT2D eigenvalue weighted by Gasteiger charge is -1.98. The van der Waals surface area contributed by atoms with Gasteiger partial charge in [0.1, 0.15) is 11.2 Å². The zero-order chi connectivity index (χ0) is 18.8. The highest BCUT2D eigenvalue weighted by Crippen LogP contribution is 2.27. The highest BCUT2D eigenvalue weighted by Gasteiger charge is 2.12. The van der Waals surface area contributed by atoms with E-state index in [-0.39, 0.29) is 0 Å². The molecule has 0 aliphatic heterocycles. The molecule has 136 valence electrons. The Bertz CT molecular complexity index is 1210. The molecule has 0 atom stereocenters.